The third kappa shape index (κ3) is 9.58. The quantitative estimate of drug-likeness (QED) is 0.130. The van der Waals surface area contributed by atoms with E-state index in [1.54, 1.807) is 12.1 Å². The summed E-state index contributed by atoms with van der Waals surface area (Å²) in [6.07, 6.45) is 4.53. The average Bonchev–Trinajstić information content (AvgIpc) is 3.39. The van der Waals surface area contributed by atoms with Crippen molar-refractivity contribution in [2.75, 3.05) is 19.6 Å². The molecular formula is C26H43N7O5. The number of hydrogen-bond donors (Lipinski definition) is 7. The number of unbranched alkanes of at least 4 members (excludes halogenated alkanes) is 2. The number of phenols is 1. The molecule has 212 valence electrons. The van der Waals surface area contributed by atoms with Gasteiger partial charge in [0.15, 0.2) is 0 Å². The van der Waals surface area contributed by atoms with Gasteiger partial charge in [0.05, 0.1) is 6.04 Å². The highest BCUT2D eigenvalue weighted by Gasteiger charge is 2.37. The van der Waals surface area contributed by atoms with Crippen LogP contribution in [-0.2, 0) is 25.6 Å². The molecule has 38 heavy (non-hydrogen) atoms. The van der Waals surface area contributed by atoms with Crippen LogP contribution in [0.1, 0.15) is 56.9 Å². The van der Waals surface area contributed by atoms with Gasteiger partial charge in [0.2, 0.25) is 23.6 Å². The first-order valence-electron chi connectivity index (χ1n) is 13.3. The highest BCUT2D eigenvalue weighted by atomic mass is 16.3. The van der Waals surface area contributed by atoms with Crippen LogP contribution in [0.15, 0.2) is 24.3 Å². The summed E-state index contributed by atoms with van der Waals surface area (Å²) in [5, 5.41) is 15.0. The Labute approximate surface area is 223 Å². The predicted molar refractivity (Wildman–Crippen MR) is 143 cm³/mol. The van der Waals surface area contributed by atoms with Crippen molar-refractivity contribution in [3.63, 3.8) is 0 Å². The van der Waals surface area contributed by atoms with Crippen molar-refractivity contribution >= 4 is 23.6 Å². The molecule has 11 N–H and O–H groups in total. The van der Waals surface area contributed by atoms with Crippen molar-refractivity contribution in [1.29, 1.82) is 0 Å². The van der Waals surface area contributed by atoms with E-state index >= 15 is 0 Å². The monoisotopic (exact) mass is 533 g/mol. The van der Waals surface area contributed by atoms with Gasteiger partial charge in [-0.3, -0.25) is 19.2 Å². The minimum atomic E-state index is -0.924. The maximum Gasteiger partial charge on any atom is 0.245 e. The minimum absolute atomic E-state index is 0.107. The Morgan fingerprint density at radius 1 is 0.921 bits per heavy atom. The van der Waals surface area contributed by atoms with Crippen LogP contribution in [0.5, 0.6) is 5.75 Å². The Kier molecular flexibility index (Phi) is 13.0. The molecule has 0 saturated carbocycles. The standard InChI is InChI=1S/C26H43N7O5/c27-13-3-1-6-20(31-24(36)19(29)16-17-9-11-18(34)12-10-17)25(37)32-21(7-2-4-14-28)26(38)33-15-5-8-22(33)23(30)35/h9-12,19-22,34H,1-8,13-16,27-29H2,(H2,30,35)(H,31,36)(H,32,37)/t19-,20-,21-,22-/m0/s1. The molecule has 1 aliphatic rings. The number of nitrogens with one attached hydrogen (secondary N) is 2. The van der Waals surface area contributed by atoms with Crippen LogP contribution >= 0.6 is 0 Å². The lowest BCUT2D eigenvalue weighted by atomic mass is 10.0. The van der Waals surface area contributed by atoms with Crippen LogP contribution in [0.3, 0.4) is 0 Å². The van der Waals surface area contributed by atoms with Crippen molar-refractivity contribution in [1.82, 2.24) is 15.5 Å². The molecule has 1 fully saturated rings. The van der Waals surface area contributed by atoms with Gasteiger partial charge in [-0.1, -0.05) is 12.1 Å². The van der Waals surface area contributed by atoms with Gasteiger partial charge in [0, 0.05) is 6.54 Å². The lowest BCUT2D eigenvalue weighted by Crippen LogP contribution is -2.57. The molecule has 0 radical (unpaired) electrons. The number of nitrogens with two attached hydrogens (primary N) is 4. The lowest BCUT2D eigenvalue weighted by molar-refractivity contribution is -0.141. The SMILES string of the molecule is NCCCC[C@H](NC(=O)[C@@H](N)Cc1ccc(O)cc1)C(=O)N[C@@H](CCCCN)C(=O)N1CCC[C@H]1C(N)=O. The number of carbonyl (C=O) groups excluding carboxylic acids is 4. The summed E-state index contributed by atoms with van der Waals surface area (Å²) < 4.78 is 0. The van der Waals surface area contributed by atoms with E-state index in [0.29, 0.717) is 71.0 Å². The fraction of sp³-hybridized carbons (Fsp3) is 0.615. The average molecular weight is 534 g/mol. The van der Waals surface area contributed by atoms with Gasteiger partial charge < -0.3 is 43.6 Å². The second-order valence-electron chi connectivity index (χ2n) is 9.76. The number of nitrogens with zero attached hydrogens (tertiary/aromatic N) is 1. The first kappa shape index (κ1) is 31.0. The number of amides is 4. The Balaban J connectivity index is 2.12. The first-order chi connectivity index (χ1) is 18.2. The third-order valence-electron chi connectivity index (χ3n) is 6.73. The molecule has 0 aliphatic carbocycles. The highest BCUT2D eigenvalue weighted by molar-refractivity contribution is 5.94. The van der Waals surface area contributed by atoms with Crippen molar-refractivity contribution in [3.05, 3.63) is 29.8 Å². The summed E-state index contributed by atoms with van der Waals surface area (Å²) in [6, 6.07) is 2.93. The fourth-order valence-corrected chi connectivity index (χ4v) is 4.57. The van der Waals surface area contributed by atoms with E-state index in [9.17, 15) is 24.3 Å². The summed E-state index contributed by atoms with van der Waals surface area (Å²) in [5.41, 5.74) is 23.6. The number of carbonyl (C=O) groups is 4. The molecule has 0 aromatic heterocycles. The summed E-state index contributed by atoms with van der Waals surface area (Å²) in [7, 11) is 0. The largest absolute Gasteiger partial charge is 0.508 e. The zero-order chi connectivity index (χ0) is 28.1. The topological polar surface area (TPSA) is 220 Å². The summed E-state index contributed by atoms with van der Waals surface area (Å²) in [4.78, 5) is 52.9. The van der Waals surface area contributed by atoms with Gasteiger partial charge in [-0.25, -0.2) is 0 Å². The maximum atomic E-state index is 13.4. The highest BCUT2D eigenvalue weighted by Crippen LogP contribution is 2.19. The van der Waals surface area contributed by atoms with Crippen LogP contribution in [0.25, 0.3) is 0 Å². The molecule has 4 atom stereocenters. The maximum absolute atomic E-state index is 13.4. The van der Waals surface area contributed by atoms with Crippen LogP contribution in [0.4, 0.5) is 0 Å². The minimum Gasteiger partial charge on any atom is -0.508 e. The molecule has 12 heteroatoms. The summed E-state index contributed by atoms with van der Waals surface area (Å²) >= 11 is 0. The van der Waals surface area contributed by atoms with Gasteiger partial charge in [0.25, 0.3) is 0 Å². The third-order valence-corrected chi connectivity index (χ3v) is 6.73. The van der Waals surface area contributed by atoms with Crippen molar-refractivity contribution in [2.24, 2.45) is 22.9 Å². The van der Waals surface area contributed by atoms with Crippen LogP contribution in [0.2, 0.25) is 0 Å². The Bertz CT molecular complexity index is 927. The number of primary amides is 1. The number of hydrogen-bond acceptors (Lipinski definition) is 8. The van der Waals surface area contributed by atoms with Gasteiger partial charge >= 0.3 is 0 Å². The van der Waals surface area contributed by atoms with Gasteiger partial charge in [-0.15, -0.1) is 0 Å². The molecule has 2 rings (SSSR count). The molecule has 0 bridgehead atoms. The van der Waals surface area contributed by atoms with Crippen LogP contribution in [-0.4, -0.2) is 77.4 Å². The van der Waals surface area contributed by atoms with Crippen LogP contribution < -0.4 is 33.6 Å². The molecule has 1 heterocycles. The van der Waals surface area contributed by atoms with E-state index in [1.165, 1.54) is 17.0 Å². The number of likely N-dealkylation sites (tertiary alicyclic amines) is 1. The number of rotatable bonds is 16. The molecule has 0 spiro atoms. The fourth-order valence-electron chi connectivity index (χ4n) is 4.57. The normalized spacial score (nSPS) is 17.4. The Hall–Kier alpha value is -3.22. The second kappa shape index (κ2) is 15.9. The van der Waals surface area contributed by atoms with E-state index < -0.39 is 41.9 Å². The van der Waals surface area contributed by atoms with Gasteiger partial charge in [-0.2, -0.15) is 0 Å². The van der Waals surface area contributed by atoms with Crippen LogP contribution in [0, 0.1) is 0 Å². The predicted octanol–water partition coefficient (Wildman–Crippen LogP) is -1.03. The van der Waals surface area contributed by atoms with E-state index in [4.69, 9.17) is 22.9 Å². The van der Waals surface area contributed by atoms with Crippen molar-refractivity contribution in [3.8, 4) is 5.75 Å². The zero-order valence-corrected chi connectivity index (χ0v) is 21.9. The number of phenolic OH excluding ortho intramolecular Hbond substituents is 1. The second-order valence-corrected chi connectivity index (χ2v) is 9.76. The molecule has 1 aromatic carbocycles. The zero-order valence-electron chi connectivity index (χ0n) is 21.9. The van der Waals surface area contributed by atoms with E-state index in [1.807, 2.05) is 0 Å². The smallest absolute Gasteiger partial charge is 0.245 e. The Morgan fingerprint density at radius 3 is 2.08 bits per heavy atom. The molecule has 1 aromatic rings. The van der Waals surface area contributed by atoms with Crippen molar-refractivity contribution in [2.45, 2.75) is 82.0 Å². The van der Waals surface area contributed by atoms with Gasteiger partial charge in [0.1, 0.15) is 23.9 Å². The summed E-state index contributed by atoms with van der Waals surface area (Å²) in [6.45, 7) is 1.27. The molecule has 0 unspecified atom stereocenters. The number of benzene rings is 1. The van der Waals surface area contributed by atoms with Crippen molar-refractivity contribution < 1.29 is 24.3 Å². The molecule has 1 aliphatic heterocycles. The molecular weight excluding hydrogens is 490 g/mol. The number of aromatic hydroxyl groups is 1. The molecule has 1 saturated heterocycles. The molecule has 12 nitrogen and oxygen atoms in total. The summed E-state index contributed by atoms with van der Waals surface area (Å²) in [5.74, 6) is -1.85. The van der Waals surface area contributed by atoms with E-state index in [-0.39, 0.29) is 18.1 Å². The first-order valence-corrected chi connectivity index (χ1v) is 13.3. The van der Waals surface area contributed by atoms with Gasteiger partial charge in [-0.05, 0) is 88.6 Å². The van der Waals surface area contributed by atoms with E-state index in [0.717, 1.165) is 5.56 Å². The van der Waals surface area contributed by atoms with E-state index in [2.05, 4.69) is 10.6 Å². The Morgan fingerprint density at radius 2 is 1.50 bits per heavy atom. The molecule has 4 amide bonds. The lowest BCUT2D eigenvalue weighted by Gasteiger charge is -2.29.